The molecular formula is C17H23N5O3. The van der Waals surface area contributed by atoms with E-state index >= 15 is 0 Å². The Hall–Kier alpha value is -2.53. The highest BCUT2D eigenvalue weighted by atomic mass is 16.6. The number of piperidine rings is 1. The lowest BCUT2D eigenvalue weighted by Crippen LogP contribution is -2.44. The molecule has 8 nitrogen and oxygen atoms in total. The fourth-order valence-electron chi connectivity index (χ4n) is 3.64. The highest BCUT2D eigenvalue weighted by Crippen LogP contribution is 2.48. The summed E-state index contributed by atoms with van der Waals surface area (Å²) in [6.07, 6.45) is 2.25. The smallest absolute Gasteiger partial charge is 0.422 e. The van der Waals surface area contributed by atoms with Gasteiger partial charge in [-0.3, -0.25) is 0 Å². The molecule has 3 heterocycles. The van der Waals surface area contributed by atoms with E-state index in [4.69, 9.17) is 20.2 Å². The summed E-state index contributed by atoms with van der Waals surface area (Å²) in [5.41, 5.74) is 6.47. The van der Waals surface area contributed by atoms with Crippen LogP contribution in [-0.4, -0.2) is 35.3 Å². The van der Waals surface area contributed by atoms with Gasteiger partial charge in [0.2, 0.25) is 11.8 Å². The first-order valence-corrected chi connectivity index (χ1v) is 8.67. The third-order valence-corrected chi connectivity index (χ3v) is 4.78. The van der Waals surface area contributed by atoms with E-state index in [1.807, 2.05) is 6.92 Å². The normalized spacial score (nSPS) is 18.4. The number of fused-ring (bicyclic) bond motifs is 2. The highest BCUT2D eigenvalue weighted by Gasteiger charge is 2.49. The van der Waals surface area contributed by atoms with Gasteiger partial charge in [0.25, 0.3) is 0 Å². The summed E-state index contributed by atoms with van der Waals surface area (Å²) >= 11 is 0. The van der Waals surface area contributed by atoms with Crippen LogP contribution in [-0.2, 0) is 16.6 Å². The summed E-state index contributed by atoms with van der Waals surface area (Å²) in [4.78, 5) is 17.2. The van der Waals surface area contributed by atoms with Gasteiger partial charge >= 0.3 is 6.09 Å². The fourth-order valence-corrected chi connectivity index (χ4v) is 3.64. The van der Waals surface area contributed by atoms with Crippen molar-refractivity contribution in [2.24, 2.45) is 5.73 Å². The fraction of sp³-hybridized carbons (Fsp3) is 0.588. The van der Waals surface area contributed by atoms with Gasteiger partial charge in [0.15, 0.2) is 0 Å². The van der Waals surface area contributed by atoms with E-state index in [2.05, 4.69) is 11.4 Å². The minimum absolute atomic E-state index is 0.0467. The standard InChI is InChI=1S/C17H23N5O3/c1-3-5-12-21-13-15(22(12)16(23)24-4-2)25-14(19)11(10-18)17(13)6-8-20-9-7-17/h20H,3-9,19H2,1-2H3. The quantitative estimate of drug-likeness (QED) is 0.854. The number of allylic oxidation sites excluding steroid dienone is 1. The van der Waals surface area contributed by atoms with Gasteiger partial charge in [-0.2, -0.15) is 5.26 Å². The molecule has 8 heteroatoms. The number of nitriles is 1. The predicted octanol–water partition coefficient (Wildman–Crippen LogP) is 1.55. The van der Waals surface area contributed by atoms with Crippen LogP contribution in [0.15, 0.2) is 11.5 Å². The van der Waals surface area contributed by atoms with Gasteiger partial charge in [-0.05, 0) is 39.3 Å². The maximum Gasteiger partial charge on any atom is 0.422 e. The number of nitrogens with two attached hydrogens (primary N) is 1. The van der Waals surface area contributed by atoms with Crippen molar-refractivity contribution in [1.29, 1.82) is 5.26 Å². The van der Waals surface area contributed by atoms with Crippen LogP contribution in [0.2, 0.25) is 0 Å². The molecule has 0 amide bonds. The molecule has 25 heavy (non-hydrogen) atoms. The van der Waals surface area contributed by atoms with Gasteiger partial charge in [0, 0.05) is 6.42 Å². The summed E-state index contributed by atoms with van der Waals surface area (Å²) in [6.45, 7) is 5.50. The number of hydrogen-bond acceptors (Lipinski definition) is 7. The third kappa shape index (κ3) is 2.65. The molecule has 0 aromatic carbocycles. The number of imidazole rings is 1. The third-order valence-electron chi connectivity index (χ3n) is 4.78. The maximum absolute atomic E-state index is 12.5. The molecule has 3 rings (SSSR count). The first kappa shape index (κ1) is 17.3. The molecule has 3 N–H and O–H groups in total. The van der Waals surface area contributed by atoms with Crippen LogP contribution >= 0.6 is 0 Å². The zero-order valence-corrected chi connectivity index (χ0v) is 14.6. The van der Waals surface area contributed by atoms with Gasteiger partial charge in [-0.1, -0.05) is 6.92 Å². The molecule has 0 aliphatic carbocycles. The number of carbonyl (C=O) groups excluding carboxylic acids is 1. The second kappa shape index (κ2) is 6.76. The van der Waals surface area contributed by atoms with E-state index in [9.17, 15) is 10.1 Å². The van der Waals surface area contributed by atoms with Crippen molar-refractivity contribution in [2.75, 3.05) is 19.7 Å². The number of aromatic nitrogens is 2. The molecule has 1 spiro atoms. The van der Waals surface area contributed by atoms with E-state index in [0.29, 0.717) is 42.2 Å². The van der Waals surface area contributed by atoms with Crippen molar-refractivity contribution < 1.29 is 14.3 Å². The average Bonchev–Trinajstić information content (AvgIpc) is 2.95. The Morgan fingerprint density at radius 3 is 2.80 bits per heavy atom. The summed E-state index contributed by atoms with van der Waals surface area (Å²) in [5, 5.41) is 13.0. The molecule has 0 bridgehead atoms. The Bertz CT molecular complexity index is 753. The summed E-state index contributed by atoms with van der Waals surface area (Å²) in [5.74, 6) is 0.918. The summed E-state index contributed by atoms with van der Waals surface area (Å²) < 4.78 is 12.2. The number of nitrogens with zero attached hydrogens (tertiary/aromatic N) is 3. The molecule has 1 fully saturated rings. The number of rotatable bonds is 3. The largest absolute Gasteiger partial charge is 0.449 e. The Kier molecular flexibility index (Phi) is 4.68. The van der Waals surface area contributed by atoms with Gasteiger partial charge in [0.1, 0.15) is 23.2 Å². The topological polar surface area (TPSA) is 115 Å². The summed E-state index contributed by atoms with van der Waals surface area (Å²) in [6, 6.07) is 2.21. The molecule has 1 aromatic rings. The number of aryl methyl sites for hydroxylation is 1. The first-order chi connectivity index (χ1) is 12.1. The Balaban J connectivity index is 2.21. The molecule has 134 valence electrons. The monoisotopic (exact) mass is 345 g/mol. The average molecular weight is 345 g/mol. The second-order valence-electron chi connectivity index (χ2n) is 6.25. The lowest BCUT2D eigenvalue weighted by atomic mass is 9.70. The molecular weight excluding hydrogens is 322 g/mol. The lowest BCUT2D eigenvalue weighted by molar-refractivity contribution is 0.149. The molecule has 1 aromatic heterocycles. The number of hydrogen-bond donors (Lipinski definition) is 2. The zero-order chi connectivity index (χ0) is 18.0. The molecule has 0 radical (unpaired) electrons. The predicted molar refractivity (Wildman–Crippen MR) is 89.9 cm³/mol. The SMILES string of the molecule is CCCc1nc2c(n1C(=O)OCC)OC(N)=C(C#N)C21CCNCC1. The van der Waals surface area contributed by atoms with Crippen LogP contribution in [0.1, 0.15) is 44.6 Å². The van der Waals surface area contributed by atoms with Gasteiger partial charge in [-0.25, -0.2) is 14.3 Å². The number of ether oxygens (including phenoxy) is 2. The number of nitrogens with one attached hydrogen (secondary N) is 1. The van der Waals surface area contributed by atoms with Gasteiger partial charge in [0.05, 0.1) is 12.0 Å². The Labute approximate surface area is 146 Å². The maximum atomic E-state index is 12.5. The molecule has 2 aliphatic heterocycles. The first-order valence-electron chi connectivity index (χ1n) is 8.67. The molecule has 2 aliphatic rings. The lowest BCUT2D eigenvalue weighted by Gasteiger charge is -2.38. The van der Waals surface area contributed by atoms with Crippen LogP contribution in [0.3, 0.4) is 0 Å². The van der Waals surface area contributed by atoms with Crippen molar-refractivity contribution in [3.63, 3.8) is 0 Å². The van der Waals surface area contributed by atoms with Crippen molar-refractivity contribution in [2.45, 2.75) is 44.9 Å². The number of carbonyl (C=O) groups is 1. The Morgan fingerprint density at radius 2 is 2.20 bits per heavy atom. The highest BCUT2D eigenvalue weighted by molar-refractivity contribution is 5.75. The van der Waals surface area contributed by atoms with Crippen LogP contribution in [0.25, 0.3) is 0 Å². The van der Waals surface area contributed by atoms with Crippen LogP contribution in [0, 0.1) is 11.3 Å². The van der Waals surface area contributed by atoms with E-state index in [0.717, 1.165) is 19.5 Å². The van der Waals surface area contributed by atoms with E-state index in [1.165, 1.54) is 4.57 Å². The van der Waals surface area contributed by atoms with Gasteiger partial charge in [-0.15, -0.1) is 0 Å². The molecule has 0 saturated carbocycles. The second-order valence-corrected chi connectivity index (χ2v) is 6.25. The van der Waals surface area contributed by atoms with Crippen LogP contribution < -0.4 is 15.8 Å². The minimum atomic E-state index is -0.613. The minimum Gasteiger partial charge on any atom is -0.449 e. The van der Waals surface area contributed by atoms with Crippen molar-refractivity contribution in [3.8, 4) is 11.9 Å². The van der Waals surface area contributed by atoms with Crippen LogP contribution in [0.5, 0.6) is 5.88 Å². The van der Waals surface area contributed by atoms with E-state index in [-0.39, 0.29) is 12.5 Å². The van der Waals surface area contributed by atoms with Crippen molar-refractivity contribution in [3.05, 3.63) is 23.0 Å². The zero-order valence-electron chi connectivity index (χ0n) is 14.6. The molecule has 0 unspecified atom stereocenters. The summed E-state index contributed by atoms with van der Waals surface area (Å²) in [7, 11) is 0. The van der Waals surface area contributed by atoms with E-state index < -0.39 is 11.5 Å². The van der Waals surface area contributed by atoms with Crippen LogP contribution in [0.4, 0.5) is 4.79 Å². The van der Waals surface area contributed by atoms with Crippen molar-refractivity contribution in [1.82, 2.24) is 14.9 Å². The Morgan fingerprint density at radius 1 is 1.48 bits per heavy atom. The van der Waals surface area contributed by atoms with E-state index in [1.54, 1.807) is 6.92 Å². The van der Waals surface area contributed by atoms with Gasteiger partial charge < -0.3 is 20.5 Å². The molecule has 0 atom stereocenters. The molecule has 1 saturated heterocycles. The van der Waals surface area contributed by atoms with Crippen molar-refractivity contribution >= 4 is 6.09 Å².